The third kappa shape index (κ3) is 3.26. The van der Waals surface area contributed by atoms with Crippen LogP contribution in [-0.4, -0.2) is 6.61 Å². The zero-order chi connectivity index (χ0) is 13.0. The molecule has 94 valence electrons. The standard InChI is InChI=1S/C15H16BrNO/c1-2-18-14-6-3-11(4-7-14)9-12-10-13(16)5-8-15(12)17/h3-8,10H,2,9,17H2,1H3. The maximum Gasteiger partial charge on any atom is 0.119 e. The Labute approximate surface area is 116 Å². The first-order chi connectivity index (χ1) is 8.69. The van der Waals surface area contributed by atoms with Gasteiger partial charge >= 0.3 is 0 Å². The van der Waals surface area contributed by atoms with E-state index >= 15 is 0 Å². The minimum absolute atomic E-state index is 0.692. The van der Waals surface area contributed by atoms with Crippen LogP contribution in [0, 0.1) is 0 Å². The maximum absolute atomic E-state index is 5.97. The molecule has 0 fully saturated rings. The molecule has 2 nitrogen and oxygen atoms in total. The van der Waals surface area contributed by atoms with Crippen LogP contribution >= 0.6 is 15.9 Å². The van der Waals surface area contributed by atoms with Gasteiger partial charge in [0.1, 0.15) is 5.75 Å². The van der Waals surface area contributed by atoms with Crippen molar-refractivity contribution in [1.29, 1.82) is 0 Å². The number of halogens is 1. The van der Waals surface area contributed by atoms with E-state index < -0.39 is 0 Å². The Morgan fingerprint density at radius 1 is 1.11 bits per heavy atom. The van der Waals surface area contributed by atoms with E-state index in [9.17, 15) is 0 Å². The minimum atomic E-state index is 0.692. The number of anilines is 1. The molecule has 0 radical (unpaired) electrons. The van der Waals surface area contributed by atoms with E-state index in [4.69, 9.17) is 10.5 Å². The Balaban J connectivity index is 2.15. The van der Waals surface area contributed by atoms with E-state index in [1.807, 2.05) is 31.2 Å². The SMILES string of the molecule is CCOc1ccc(Cc2cc(Br)ccc2N)cc1. The molecule has 0 aliphatic rings. The monoisotopic (exact) mass is 305 g/mol. The third-order valence-electron chi connectivity index (χ3n) is 2.73. The Morgan fingerprint density at radius 3 is 2.50 bits per heavy atom. The van der Waals surface area contributed by atoms with Crippen LogP contribution in [0.15, 0.2) is 46.9 Å². The number of rotatable bonds is 4. The van der Waals surface area contributed by atoms with Crippen LogP contribution in [-0.2, 0) is 6.42 Å². The molecule has 0 amide bonds. The average Bonchev–Trinajstić information content (AvgIpc) is 2.37. The molecule has 0 unspecified atom stereocenters. The first-order valence-electron chi connectivity index (χ1n) is 5.94. The van der Waals surface area contributed by atoms with Crippen LogP contribution in [0.3, 0.4) is 0 Å². The molecule has 2 aromatic rings. The molecule has 2 N–H and O–H groups in total. The van der Waals surface area contributed by atoms with E-state index in [1.54, 1.807) is 0 Å². The van der Waals surface area contributed by atoms with Crippen LogP contribution in [0.1, 0.15) is 18.1 Å². The van der Waals surface area contributed by atoms with Crippen molar-refractivity contribution in [1.82, 2.24) is 0 Å². The second-order valence-corrected chi connectivity index (χ2v) is 5.01. The van der Waals surface area contributed by atoms with Crippen molar-refractivity contribution in [2.24, 2.45) is 0 Å². The smallest absolute Gasteiger partial charge is 0.119 e. The molecule has 0 aromatic heterocycles. The van der Waals surface area contributed by atoms with Crippen molar-refractivity contribution in [3.05, 3.63) is 58.1 Å². The Morgan fingerprint density at radius 2 is 1.83 bits per heavy atom. The van der Waals surface area contributed by atoms with Gasteiger partial charge in [-0.15, -0.1) is 0 Å². The van der Waals surface area contributed by atoms with Crippen molar-refractivity contribution in [3.8, 4) is 5.75 Å². The molecule has 0 saturated carbocycles. The van der Waals surface area contributed by atoms with Crippen molar-refractivity contribution in [2.45, 2.75) is 13.3 Å². The number of nitrogens with two attached hydrogens (primary N) is 1. The first kappa shape index (κ1) is 13.0. The quantitative estimate of drug-likeness (QED) is 0.866. The predicted molar refractivity (Wildman–Crippen MR) is 79.0 cm³/mol. The van der Waals surface area contributed by atoms with Crippen LogP contribution < -0.4 is 10.5 Å². The van der Waals surface area contributed by atoms with Crippen molar-refractivity contribution in [3.63, 3.8) is 0 Å². The lowest BCUT2D eigenvalue weighted by Gasteiger charge is -2.08. The first-order valence-corrected chi connectivity index (χ1v) is 6.74. The lowest BCUT2D eigenvalue weighted by atomic mass is 10.0. The number of nitrogen functional groups attached to an aromatic ring is 1. The van der Waals surface area contributed by atoms with Gasteiger partial charge in [-0.1, -0.05) is 28.1 Å². The fourth-order valence-corrected chi connectivity index (χ4v) is 2.23. The van der Waals surface area contributed by atoms with Gasteiger partial charge in [0.15, 0.2) is 0 Å². The van der Waals surface area contributed by atoms with E-state index in [0.717, 1.165) is 27.9 Å². The predicted octanol–water partition coefficient (Wildman–Crippen LogP) is 4.02. The molecule has 0 spiro atoms. The summed E-state index contributed by atoms with van der Waals surface area (Å²) in [6, 6.07) is 14.1. The van der Waals surface area contributed by atoms with Gasteiger partial charge in [0.05, 0.1) is 6.61 Å². The van der Waals surface area contributed by atoms with Gasteiger partial charge in [-0.05, 0) is 54.8 Å². The Kier molecular flexibility index (Phi) is 4.26. The number of hydrogen-bond acceptors (Lipinski definition) is 2. The largest absolute Gasteiger partial charge is 0.494 e. The fourth-order valence-electron chi connectivity index (χ4n) is 1.82. The summed E-state index contributed by atoms with van der Waals surface area (Å²) in [6.07, 6.45) is 0.831. The molecule has 0 aliphatic heterocycles. The second-order valence-electron chi connectivity index (χ2n) is 4.10. The summed E-state index contributed by atoms with van der Waals surface area (Å²) in [5.41, 5.74) is 9.15. The van der Waals surface area contributed by atoms with E-state index in [-0.39, 0.29) is 0 Å². The number of hydrogen-bond donors (Lipinski definition) is 1. The Bertz CT molecular complexity index is 523. The van der Waals surface area contributed by atoms with E-state index in [2.05, 4.69) is 34.1 Å². The molecule has 2 aromatic carbocycles. The normalized spacial score (nSPS) is 10.3. The highest BCUT2D eigenvalue weighted by Crippen LogP contribution is 2.22. The van der Waals surface area contributed by atoms with Crippen LogP contribution in [0.25, 0.3) is 0 Å². The van der Waals surface area contributed by atoms with Crippen molar-refractivity contribution < 1.29 is 4.74 Å². The maximum atomic E-state index is 5.97. The van der Waals surface area contributed by atoms with Gasteiger partial charge in [-0.25, -0.2) is 0 Å². The zero-order valence-corrected chi connectivity index (χ0v) is 11.9. The van der Waals surface area contributed by atoms with Crippen LogP contribution in [0.5, 0.6) is 5.75 Å². The summed E-state index contributed by atoms with van der Waals surface area (Å²) >= 11 is 3.47. The number of ether oxygens (including phenoxy) is 1. The molecule has 0 atom stereocenters. The minimum Gasteiger partial charge on any atom is -0.494 e. The molecule has 2 rings (SSSR count). The molecular formula is C15H16BrNO. The molecule has 0 bridgehead atoms. The summed E-state index contributed by atoms with van der Waals surface area (Å²) in [5.74, 6) is 0.906. The van der Waals surface area contributed by atoms with Crippen LogP contribution in [0.4, 0.5) is 5.69 Å². The van der Waals surface area contributed by atoms with Gasteiger partial charge in [-0.2, -0.15) is 0 Å². The highest BCUT2D eigenvalue weighted by molar-refractivity contribution is 9.10. The fraction of sp³-hybridized carbons (Fsp3) is 0.200. The lowest BCUT2D eigenvalue weighted by molar-refractivity contribution is 0.340. The van der Waals surface area contributed by atoms with Gasteiger partial charge < -0.3 is 10.5 Å². The Hall–Kier alpha value is -1.48. The highest BCUT2D eigenvalue weighted by atomic mass is 79.9. The highest BCUT2D eigenvalue weighted by Gasteiger charge is 2.02. The lowest BCUT2D eigenvalue weighted by Crippen LogP contribution is -1.96. The molecule has 0 aliphatic carbocycles. The molecular weight excluding hydrogens is 290 g/mol. The van der Waals surface area contributed by atoms with Crippen molar-refractivity contribution in [2.75, 3.05) is 12.3 Å². The van der Waals surface area contributed by atoms with Gasteiger partial charge in [0.25, 0.3) is 0 Å². The van der Waals surface area contributed by atoms with Crippen LogP contribution in [0.2, 0.25) is 0 Å². The summed E-state index contributed by atoms with van der Waals surface area (Å²) in [5, 5.41) is 0. The molecule has 0 saturated heterocycles. The summed E-state index contributed by atoms with van der Waals surface area (Å²) in [6.45, 7) is 2.67. The molecule has 3 heteroatoms. The van der Waals surface area contributed by atoms with E-state index in [0.29, 0.717) is 6.61 Å². The summed E-state index contributed by atoms with van der Waals surface area (Å²) in [7, 11) is 0. The topological polar surface area (TPSA) is 35.2 Å². The average molecular weight is 306 g/mol. The summed E-state index contributed by atoms with van der Waals surface area (Å²) < 4.78 is 6.48. The second kappa shape index (κ2) is 5.91. The van der Waals surface area contributed by atoms with Gasteiger partial charge in [-0.3, -0.25) is 0 Å². The van der Waals surface area contributed by atoms with E-state index in [1.165, 1.54) is 5.56 Å². The molecule has 0 heterocycles. The third-order valence-corrected chi connectivity index (χ3v) is 3.23. The van der Waals surface area contributed by atoms with Gasteiger partial charge in [0.2, 0.25) is 0 Å². The zero-order valence-electron chi connectivity index (χ0n) is 10.3. The number of benzene rings is 2. The summed E-state index contributed by atoms with van der Waals surface area (Å²) in [4.78, 5) is 0. The van der Waals surface area contributed by atoms with Gasteiger partial charge in [0, 0.05) is 10.2 Å². The van der Waals surface area contributed by atoms with Crippen molar-refractivity contribution >= 4 is 21.6 Å². The molecule has 18 heavy (non-hydrogen) atoms.